The highest BCUT2D eigenvalue weighted by Crippen LogP contribution is 2.30. The molecule has 7 heteroatoms. The van der Waals surface area contributed by atoms with E-state index in [0.717, 1.165) is 31.7 Å². The molecule has 33 heavy (non-hydrogen) atoms. The van der Waals surface area contributed by atoms with E-state index in [0.29, 0.717) is 25.7 Å². The fraction of sp³-hybridized carbons (Fsp3) is 0.731. The Hall–Kier alpha value is -2.17. The van der Waals surface area contributed by atoms with Gasteiger partial charge in [0, 0.05) is 45.4 Å². The number of carbonyl (C=O) groups is 1. The maximum Gasteiger partial charge on any atom is 0.248 e. The molecule has 1 saturated heterocycles. The topological polar surface area (TPSA) is 78.7 Å². The second-order valence-corrected chi connectivity index (χ2v) is 9.99. The van der Waals surface area contributed by atoms with E-state index in [4.69, 9.17) is 19.7 Å². The van der Waals surface area contributed by atoms with Crippen molar-refractivity contribution in [3.63, 3.8) is 0 Å². The van der Waals surface area contributed by atoms with Crippen LogP contribution in [0.15, 0.2) is 12.3 Å². The molecular formula is C26H42N4O3. The van der Waals surface area contributed by atoms with Crippen LogP contribution in [0, 0.1) is 17.8 Å². The Balaban J connectivity index is 0.000000695. The van der Waals surface area contributed by atoms with Crippen LogP contribution in [-0.2, 0) is 27.3 Å². The normalized spacial score (nSPS) is 20.7. The third kappa shape index (κ3) is 8.28. The maximum atomic E-state index is 12.6. The summed E-state index contributed by atoms with van der Waals surface area (Å²) in [6.45, 7) is 18.0. The van der Waals surface area contributed by atoms with E-state index in [-0.39, 0.29) is 24.2 Å². The van der Waals surface area contributed by atoms with Crippen molar-refractivity contribution in [2.24, 2.45) is 5.92 Å². The maximum absolute atomic E-state index is 12.6. The minimum absolute atomic E-state index is 0.101. The standard InChI is InChI=1S/C22H35N3O3.C3H6.CHN/c1-6-9-27-15-21(26)25-8-7-24(13-19(25)16(2)3)20-10-17-11-22(4,5)28-14-18(17)12-23-20;1-2-3-1;1-2/h10,12,16,19H,6-9,11,13-15H2,1-5H3;1-3H2;1H/t19-;;/m0../s1. The average Bonchev–Trinajstić information content (AvgIpc) is 3.68. The molecule has 4 rings (SSSR count). The van der Waals surface area contributed by atoms with Crippen LogP contribution in [0.3, 0.4) is 0 Å². The van der Waals surface area contributed by atoms with Gasteiger partial charge in [0.05, 0.1) is 18.2 Å². The summed E-state index contributed by atoms with van der Waals surface area (Å²) in [5, 5.41) is 6.50. The monoisotopic (exact) mass is 458 g/mol. The second-order valence-electron chi connectivity index (χ2n) is 9.99. The van der Waals surface area contributed by atoms with E-state index in [1.807, 2.05) is 11.1 Å². The lowest BCUT2D eigenvalue weighted by Gasteiger charge is -2.44. The van der Waals surface area contributed by atoms with E-state index in [1.165, 1.54) is 30.4 Å². The Morgan fingerprint density at radius 1 is 1.27 bits per heavy atom. The van der Waals surface area contributed by atoms with Gasteiger partial charge in [-0.2, -0.15) is 0 Å². The molecule has 0 N–H and O–H groups in total. The van der Waals surface area contributed by atoms with Crippen LogP contribution in [0.5, 0.6) is 0 Å². The van der Waals surface area contributed by atoms with Crippen molar-refractivity contribution < 1.29 is 14.3 Å². The summed E-state index contributed by atoms with van der Waals surface area (Å²) in [6.07, 6.45) is 8.29. The van der Waals surface area contributed by atoms with E-state index >= 15 is 0 Å². The first kappa shape index (κ1) is 27.1. The smallest absolute Gasteiger partial charge is 0.248 e. The lowest BCUT2D eigenvalue weighted by atomic mass is 9.92. The van der Waals surface area contributed by atoms with Gasteiger partial charge in [0.1, 0.15) is 12.4 Å². The van der Waals surface area contributed by atoms with Crippen LogP contribution in [0.2, 0.25) is 0 Å². The zero-order valence-corrected chi connectivity index (χ0v) is 21.2. The van der Waals surface area contributed by atoms with Crippen LogP contribution in [0.4, 0.5) is 5.82 Å². The number of piperazine rings is 1. The van der Waals surface area contributed by atoms with Gasteiger partial charge in [-0.25, -0.2) is 10.2 Å². The first-order chi connectivity index (χ1) is 15.8. The van der Waals surface area contributed by atoms with Gasteiger partial charge in [0.25, 0.3) is 0 Å². The van der Waals surface area contributed by atoms with Crippen LogP contribution in [-0.4, -0.2) is 60.3 Å². The molecule has 1 aliphatic carbocycles. The highest BCUT2D eigenvalue weighted by atomic mass is 16.5. The van der Waals surface area contributed by atoms with Crippen LogP contribution in [0.1, 0.15) is 71.4 Å². The summed E-state index contributed by atoms with van der Waals surface area (Å²) in [6, 6.07) is 2.39. The number of ether oxygens (including phenoxy) is 2. The Morgan fingerprint density at radius 2 is 1.97 bits per heavy atom. The zero-order valence-electron chi connectivity index (χ0n) is 21.2. The summed E-state index contributed by atoms with van der Waals surface area (Å²) in [7, 11) is 0. The number of carbonyl (C=O) groups excluding carboxylic acids is 1. The highest BCUT2D eigenvalue weighted by Gasteiger charge is 2.33. The Morgan fingerprint density at radius 3 is 2.58 bits per heavy atom. The van der Waals surface area contributed by atoms with Crippen molar-refractivity contribution in [3.8, 4) is 6.57 Å². The molecule has 2 aliphatic heterocycles. The molecule has 0 spiro atoms. The predicted molar refractivity (Wildman–Crippen MR) is 131 cm³/mol. The molecular weight excluding hydrogens is 416 g/mol. The number of fused-ring (bicyclic) bond motifs is 1. The summed E-state index contributed by atoms with van der Waals surface area (Å²) < 4.78 is 11.4. The quantitative estimate of drug-likeness (QED) is 0.590. The van der Waals surface area contributed by atoms with Crippen molar-refractivity contribution in [1.29, 1.82) is 5.26 Å². The number of nitrogens with zero attached hydrogens (tertiary/aromatic N) is 4. The van der Waals surface area contributed by atoms with Gasteiger partial charge in [-0.3, -0.25) is 4.79 Å². The first-order valence-corrected chi connectivity index (χ1v) is 12.3. The van der Waals surface area contributed by atoms with Gasteiger partial charge in [-0.1, -0.05) is 40.0 Å². The third-order valence-electron chi connectivity index (χ3n) is 6.06. The van der Waals surface area contributed by atoms with Crippen molar-refractivity contribution in [1.82, 2.24) is 9.88 Å². The summed E-state index contributed by atoms with van der Waals surface area (Å²) >= 11 is 0. The molecule has 0 bridgehead atoms. The molecule has 0 radical (unpaired) electrons. The Bertz CT molecular complexity index is 773. The predicted octanol–water partition coefficient (Wildman–Crippen LogP) is 4.34. The van der Waals surface area contributed by atoms with Crippen LogP contribution in [0.25, 0.3) is 0 Å². The van der Waals surface area contributed by atoms with Crippen molar-refractivity contribution in [2.75, 3.05) is 37.7 Å². The minimum Gasteiger partial charge on any atom is -0.372 e. The van der Waals surface area contributed by atoms with Gasteiger partial charge in [-0.05, 0) is 43.4 Å². The van der Waals surface area contributed by atoms with Gasteiger partial charge in [0.15, 0.2) is 0 Å². The van der Waals surface area contributed by atoms with Crippen LogP contribution >= 0.6 is 0 Å². The van der Waals surface area contributed by atoms with Crippen molar-refractivity contribution in [2.45, 2.75) is 85.0 Å². The number of nitriles is 1. The summed E-state index contributed by atoms with van der Waals surface area (Å²) in [4.78, 5) is 21.7. The molecule has 1 atom stereocenters. The molecule has 1 saturated carbocycles. The highest BCUT2D eigenvalue weighted by molar-refractivity contribution is 5.78. The molecule has 0 unspecified atom stereocenters. The number of pyridine rings is 1. The largest absolute Gasteiger partial charge is 0.372 e. The zero-order chi connectivity index (χ0) is 24.4. The van der Waals surface area contributed by atoms with Gasteiger partial charge >= 0.3 is 0 Å². The number of aromatic nitrogens is 1. The lowest BCUT2D eigenvalue weighted by molar-refractivity contribution is -0.140. The lowest BCUT2D eigenvalue weighted by Crippen LogP contribution is -2.58. The Kier molecular flexibility index (Phi) is 10.6. The minimum atomic E-state index is -0.129. The molecule has 184 valence electrons. The first-order valence-electron chi connectivity index (χ1n) is 12.3. The fourth-order valence-electron chi connectivity index (χ4n) is 4.05. The van der Waals surface area contributed by atoms with Gasteiger partial charge in [0.2, 0.25) is 5.91 Å². The third-order valence-corrected chi connectivity index (χ3v) is 6.06. The van der Waals surface area contributed by atoms with Gasteiger partial charge < -0.3 is 19.3 Å². The van der Waals surface area contributed by atoms with Crippen molar-refractivity contribution >= 4 is 11.7 Å². The SMILES string of the molecule is C#N.C1CC1.CCCOCC(=O)N1CCN(c2cc3c(cn2)COC(C)(C)C3)C[C@H]1C(C)C. The number of hydrogen-bond donors (Lipinski definition) is 0. The molecule has 1 aromatic heterocycles. The van der Waals surface area contributed by atoms with Crippen molar-refractivity contribution in [3.05, 3.63) is 23.4 Å². The van der Waals surface area contributed by atoms with E-state index in [2.05, 4.69) is 52.2 Å². The number of anilines is 1. The number of hydrogen-bond acceptors (Lipinski definition) is 6. The summed E-state index contributed by atoms with van der Waals surface area (Å²) in [5.41, 5.74) is 2.38. The molecule has 7 nitrogen and oxygen atoms in total. The molecule has 3 heterocycles. The van der Waals surface area contributed by atoms with E-state index in [1.54, 1.807) is 0 Å². The molecule has 0 aromatic carbocycles. The molecule has 1 amide bonds. The molecule has 3 aliphatic rings. The van der Waals surface area contributed by atoms with E-state index < -0.39 is 0 Å². The molecule has 2 fully saturated rings. The number of amides is 1. The summed E-state index contributed by atoms with van der Waals surface area (Å²) in [5.74, 6) is 1.49. The van der Waals surface area contributed by atoms with Crippen LogP contribution < -0.4 is 4.90 Å². The average molecular weight is 459 g/mol. The van der Waals surface area contributed by atoms with Gasteiger partial charge in [-0.15, -0.1) is 0 Å². The Labute approximate surface area is 200 Å². The van der Waals surface area contributed by atoms with E-state index in [9.17, 15) is 4.79 Å². The molecule has 1 aromatic rings. The number of rotatable bonds is 6. The fourth-order valence-corrected chi connectivity index (χ4v) is 4.05. The second kappa shape index (κ2) is 12.9.